The molecular weight excluding hydrogens is 448 g/mol. The Morgan fingerprint density at radius 1 is 1.03 bits per heavy atom. The van der Waals surface area contributed by atoms with Gasteiger partial charge in [0.2, 0.25) is 0 Å². The second kappa shape index (κ2) is 12.6. The summed E-state index contributed by atoms with van der Waals surface area (Å²) in [6, 6.07) is 10.6. The summed E-state index contributed by atoms with van der Waals surface area (Å²) in [5, 5.41) is 28.5. The monoisotopic (exact) mass is 468 g/mol. The molecule has 0 saturated heterocycles. The first-order chi connectivity index (χ1) is 14.8. The summed E-state index contributed by atoms with van der Waals surface area (Å²) in [5.74, 6) is 0.0538. The van der Waals surface area contributed by atoms with Crippen LogP contribution in [0, 0.1) is 10.1 Å². The molecule has 0 aliphatic heterocycles. The van der Waals surface area contributed by atoms with E-state index in [9.17, 15) is 19.7 Å². The Bertz CT molecular complexity index is 859. The van der Waals surface area contributed by atoms with Gasteiger partial charge >= 0.3 is 12.3 Å². The fraction of sp³-hybridized carbons (Fsp3) is 0.316. The first-order valence-corrected chi connectivity index (χ1v) is 11.3. The number of rotatable bonds is 6. The van der Waals surface area contributed by atoms with Gasteiger partial charge in [-0.05, 0) is 60.7 Å². The van der Waals surface area contributed by atoms with E-state index in [4.69, 9.17) is 14.9 Å². The van der Waals surface area contributed by atoms with E-state index < -0.39 is 17.2 Å². The molecule has 12 heteroatoms. The molecule has 1 saturated carbocycles. The Kier molecular flexibility index (Phi) is 9.91. The summed E-state index contributed by atoms with van der Waals surface area (Å²) >= 11 is 0. The molecule has 0 bridgehead atoms. The molecule has 31 heavy (non-hydrogen) atoms. The fourth-order valence-electron chi connectivity index (χ4n) is 2.64. The standard InChI is InChI=1S/C12H15NO3S2.C7H5NO5/c14-12(15)16-9-4-6-10(7-5-9)17-18-11-3-1-2-8-13-11;9-7(10)13-6-3-1-5(2-4-6)8(11)12/h1-3,8-10H,4-7H2,(H,14,15);1-4H,(H,9,10)/t9-,10-;. The lowest BCUT2D eigenvalue weighted by Crippen LogP contribution is -2.24. The molecule has 2 N–H and O–H groups in total. The van der Waals surface area contributed by atoms with Crippen molar-refractivity contribution in [2.75, 3.05) is 0 Å². The van der Waals surface area contributed by atoms with Crippen LogP contribution in [0.4, 0.5) is 15.3 Å². The van der Waals surface area contributed by atoms with E-state index in [0.29, 0.717) is 5.25 Å². The lowest BCUT2D eigenvalue weighted by atomic mass is 9.97. The fourth-order valence-corrected chi connectivity index (χ4v) is 5.15. The van der Waals surface area contributed by atoms with Crippen molar-refractivity contribution in [2.45, 2.75) is 42.1 Å². The van der Waals surface area contributed by atoms with Gasteiger partial charge < -0.3 is 19.7 Å². The molecular formula is C19H20N2O8S2. The SMILES string of the molecule is O=C(O)O[C@H]1CC[C@H](SSc2ccccn2)CC1.O=C(O)Oc1ccc([N+](=O)[O-])cc1. The number of carboxylic acid groups (broad SMARTS) is 2. The second-order valence-electron chi connectivity index (χ2n) is 6.25. The van der Waals surface area contributed by atoms with Gasteiger partial charge in [0.25, 0.3) is 5.69 Å². The summed E-state index contributed by atoms with van der Waals surface area (Å²) < 4.78 is 9.03. The number of nitro benzene ring substituents is 1. The van der Waals surface area contributed by atoms with Gasteiger partial charge in [-0.15, -0.1) is 0 Å². The zero-order chi connectivity index (χ0) is 22.6. The third-order valence-electron chi connectivity index (χ3n) is 4.05. The van der Waals surface area contributed by atoms with E-state index in [1.165, 1.54) is 12.1 Å². The number of pyridine rings is 1. The van der Waals surface area contributed by atoms with Crippen molar-refractivity contribution in [1.29, 1.82) is 0 Å². The molecule has 1 aliphatic carbocycles. The summed E-state index contributed by atoms with van der Waals surface area (Å²) in [7, 11) is 3.51. The van der Waals surface area contributed by atoms with Crippen molar-refractivity contribution in [2.24, 2.45) is 0 Å². The number of nitrogens with zero attached hydrogens (tertiary/aromatic N) is 2. The first-order valence-electron chi connectivity index (χ1n) is 9.12. The molecule has 0 spiro atoms. The van der Waals surface area contributed by atoms with E-state index in [2.05, 4.69) is 9.72 Å². The lowest BCUT2D eigenvalue weighted by Gasteiger charge is -2.26. The van der Waals surface area contributed by atoms with Crippen LogP contribution in [-0.4, -0.2) is 43.8 Å². The first kappa shape index (κ1) is 24.3. The van der Waals surface area contributed by atoms with Gasteiger partial charge in [0, 0.05) is 23.6 Å². The highest BCUT2D eigenvalue weighted by Crippen LogP contribution is 2.39. The van der Waals surface area contributed by atoms with Crippen LogP contribution in [0.2, 0.25) is 0 Å². The highest BCUT2D eigenvalue weighted by Gasteiger charge is 2.24. The van der Waals surface area contributed by atoms with E-state index in [0.717, 1.165) is 42.8 Å². The van der Waals surface area contributed by atoms with Crippen molar-refractivity contribution in [3.63, 3.8) is 0 Å². The third-order valence-corrected chi connectivity index (χ3v) is 6.92. The maximum Gasteiger partial charge on any atom is 0.511 e. The van der Waals surface area contributed by atoms with Crippen LogP contribution in [0.3, 0.4) is 0 Å². The molecule has 166 valence electrons. The van der Waals surface area contributed by atoms with E-state index in [-0.39, 0.29) is 17.5 Å². The predicted octanol–water partition coefficient (Wildman–Crippen LogP) is 5.48. The van der Waals surface area contributed by atoms with Crippen LogP contribution in [0.25, 0.3) is 0 Å². The average molecular weight is 469 g/mol. The Labute approximate surface area is 185 Å². The van der Waals surface area contributed by atoms with Crippen molar-refractivity contribution < 1.29 is 34.2 Å². The number of nitro groups is 1. The Morgan fingerprint density at radius 3 is 2.23 bits per heavy atom. The van der Waals surface area contributed by atoms with Gasteiger partial charge in [0.05, 0.1) is 4.92 Å². The van der Waals surface area contributed by atoms with Crippen molar-refractivity contribution >= 4 is 39.6 Å². The molecule has 3 rings (SSSR count). The molecule has 2 aromatic rings. The van der Waals surface area contributed by atoms with Crippen LogP contribution in [0.15, 0.2) is 53.7 Å². The van der Waals surface area contributed by atoms with Gasteiger partial charge in [0.15, 0.2) is 0 Å². The highest BCUT2D eigenvalue weighted by atomic mass is 33.1. The summed E-state index contributed by atoms with van der Waals surface area (Å²) in [4.78, 5) is 34.3. The van der Waals surface area contributed by atoms with Crippen molar-refractivity contribution in [1.82, 2.24) is 4.98 Å². The molecule has 0 radical (unpaired) electrons. The highest BCUT2D eigenvalue weighted by molar-refractivity contribution is 8.76. The minimum Gasteiger partial charge on any atom is -0.450 e. The number of aromatic nitrogens is 1. The summed E-state index contributed by atoms with van der Waals surface area (Å²) in [6.45, 7) is 0. The molecule has 0 amide bonds. The maximum atomic E-state index is 10.4. The average Bonchev–Trinajstić information content (AvgIpc) is 2.74. The molecule has 1 heterocycles. The van der Waals surface area contributed by atoms with Gasteiger partial charge in [-0.3, -0.25) is 10.1 Å². The molecule has 0 unspecified atom stereocenters. The van der Waals surface area contributed by atoms with Gasteiger partial charge in [-0.25, -0.2) is 14.6 Å². The zero-order valence-electron chi connectivity index (χ0n) is 16.2. The van der Waals surface area contributed by atoms with Crippen LogP contribution in [-0.2, 0) is 4.74 Å². The number of hydrogen-bond acceptors (Lipinski definition) is 9. The van der Waals surface area contributed by atoms with Crippen LogP contribution >= 0.6 is 21.6 Å². The minimum absolute atomic E-state index is 0.0538. The molecule has 1 aromatic heterocycles. The largest absolute Gasteiger partial charge is 0.511 e. The molecule has 1 aliphatic rings. The van der Waals surface area contributed by atoms with Crippen LogP contribution in [0.5, 0.6) is 5.75 Å². The lowest BCUT2D eigenvalue weighted by molar-refractivity contribution is -0.384. The van der Waals surface area contributed by atoms with Crippen molar-refractivity contribution in [3.05, 3.63) is 58.8 Å². The van der Waals surface area contributed by atoms with Gasteiger partial charge in [-0.1, -0.05) is 16.9 Å². The van der Waals surface area contributed by atoms with Crippen LogP contribution < -0.4 is 4.74 Å². The minimum atomic E-state index is -1.45. The Hall–Kier alpha value is -2.99. The van der Waals surface area contributed by atoms with E-state index in [1.807, 2.05) is 29.0 Å². The summed E-state index contributed by atoms with van der Waals surface area (Å²) in [6.07, 6.45) is 2.73. The maximum absolute atomic E-state index is 10.4. The number of carbonyl (C=O) groups is 2. The topological polar surface area (TPSA) is 149 Å². The van der Waals surface area contributed by atoms with Gasteiger partial charge in [0.1, 0.15) is 16.9 Å². The van der Waals surface area contributed by atoms with Crippen molar-refractivity contribution in [3.8, 4) is 5.75 Å². The molecule has 1 fully saturated rings. The molecule has 10 nitrogen and oxygen atoms in total. The molecule has 1 aromatic carbocycles. The number of ether oxygens (including phenoxy) is 2. The third kappa shape index (κ3) is 9.57. The molecule has 0 atom stereocenters. The Morgan fingerprint density at radius 2 is 1.71 bits per heavy atom. The quantitative estimate of drug-likeness (QED) is 0.182. The number of benzene rings is 1. The zero-order valence-corrected chi connectivity index (χ0v) is 17.8. The van der Waals surface area contributed by atoms with Gasteiger partial charge in [-0.2, -0.15) is 0 Å². The Balaban J connectivity index is 0.000000233. The smallest absolute Gasteiger partial charge is 0.450 e. The normalized spacial score (nSPS) is 17.5. The van der Waals surface area contributed by atoms with E-state index in [1.54, 1.807) is 17.0 Å². The second-order valence-corrected chi connectivity index (χ2v) is 8.77. The van der Waals surface area contributed by atoms with E-state index >= 15 is 0 Å². The number of non-ortho nitro benzene ring substituents is 1. The predicted molar refractivity (Wildman–Crippen MR) is 115 cm³/mol. The number of hydrogen-bond donors (Lipinski definition) is 2. The summed E-state index contributed by atoms with van der Waals surface area (Å²) in [5.41, 5.74) is -0.113. The van der Waals surface area contributed by atoms with Crippen LogP contribution in [0.1, 0.15) is 25.7 Å².